The fourth-order valence-electron chi connectivity index (χ4n) is 2.78. The van der Waals surface area contributed by atoms with Gasteiger partial charge in [-0.05, 0) is 32.2 Å². The van der Waals surface area contributed by atoms with Crippen molar-refractivity contribution in [3.05, 3.63) is 0 Å². The van der Waals surface area contributed by atoms with Gasteiger partial charge in [-0.1, -0.05) is 13.8 Å². The number of nitrogens with zero attached hydrogens (tertiary/aromatic N) is 2. The summed E-state index contributed by atoms with van der Waals surface area (Å²) in [6, 6.07) is 0.561. The van der Waals surface area contributed by atoms with Crippen molar-refractivity contribution < 1.29 is 9.53 Å². The number of hydrogen-bond acceptors (Lipinski definition) is 4. The van der Waals surface area contributed by atoms with Gasteiger partial charge in [0, 0.05) is 38.8 Å². The second kappa shape index (κ2) is 10.1. The van der Waals surface area contributed by atoms with E-state index in [2.05, 4.69) is 18.7 Å². The Balaban J connectivity index is 2.39. The smallest absolute Gasteiger partial charge is 0.248 e. The van der Waals surface area contributed by atoms with E-state index in [1.165, 1.54) is 0 Å². The Morgan fingerprint density at radius 3 is 2.70 bits per heavy atom. The summed E-state index contributed by atoms with van der Waals surface area (Å²) in [5.74, 6) is 0.132. The van der Waals surface area contributed by atoms with Crippen molar-refractivity contribution in [3.63, 3.8) is 0 Å². The zero-order valence-corrected chi connectivity index (χ0v) is 13.1. The summed E-state index contributed by atoms with van der Waals surface area (Å²) in [5, 5.41) is 0. The Kier molecular flexibility index (Phi) is 8.82. The van der Waals surface area contributed by atoms with Crippen LogP contribution in [-0.2, 0) is 9.53 Å². The van der Waals surface area contributed by atoms with E-state index in [1.54, 1.807) is 0 Å². The van der Waals surface area contributed by atoms with E-state index in [0.29, 0.717) is 12.6 Å². The quantitative estimate of drug-likeness (QED) is 0.678. The molecule has 118 valence electrons. The summed E-state index contributed by atoms with van der Waals surface area (Å²) >= 11 is 0. The van der Waals surface area contributed by atoms with Gasteiger partial charge in [-0.3, -0.25) is 9.69 Å². The fraction of sp³-hybridized carbons (Fsp3) is 0.933. The predicted octanol–water partition coefficient (Wildman–Crippen LogP) is 1.07. The molecule has 1 atom stereocenters. The monoisotopic (exact) mass is 285 g/mol. The highest BCUT2D eigenvalue weighted by Gasteiger charge is 2.22. The van der Waals surface area contributed by atoms with Crippen molar-refractivity contribution in [1.82, 2.24) is 9.80 Å². The molecule has 5 heteroatoms. The van der Waals surface area contributed by atoms with E-state index in [4.69, 9.17) is 10.5 Å². The van der Waals surface area contributed by atoms with Gasteiger partial charge in [0.2, 0.25) is 5.91 Å². The van der Waals surface area contributed by atoms with E-state index >= 15 is 0 Å². The molecule has 0 saturated carbocycles. The number of carbonyl (C=O) groups is 1. The molecule has 0 aromatic carbocycles. The average molecular weight is 285 g/mol. The molecule has 0 spiro atoms. The minimum Gasteiger partial charge on any atom is -0.372 e. The van der Waals surface area contributed by atoms with Gasteiger partial charge in [-0.2, -0.15) is 0 Å². The highest BCUT2D eigenvalue weighted by Crippen LogP contribution is 2.12. The first kappa shape index (κ1) is 17.4. The van der Waals surface area contributed by atoms with Crippen LogP contribution in [0.1, 0.15) is 39.5 Å². The first-order valence-electron chi connectivity index (χ1n) is 8.02. The number of amides is 1. The molecule has 5 nitrogen and oxygen atoms in total. The summed E-state index contributed by atoms with van der Waals surface area (Å²) in [5.41, 5.74) is 5.69. The second-order valence-corrected chi connectivity index (χ2v) is 5.46. The molecular weight excluding hydrogens is 254 g/mol. The molecule has 2 N–H and O–H groups in total. The highest BCUT2D eigenvalue weighted by molar-refractivity contribution is 5.77. The largest absolute Gasteiger partial charge is 0.372 e. The van der Waals surface area contributed by atoms with E-state index < -0.39 is 0 Å². The van der Waals surface area contributed by atoms with Crippen LogP contribution in [0.5, 0.6) is 0 Å². The van der Waals surface area contributed by atoms with Crippen LogP contribution in [0.2, 0.25) is 0 Å². The number of hydrogen-bond donors (Lipinski definition) is 1. The van der Waals surface area contributed by atoms with Crippen molar-refractivity contribution in [3.8, 4) is 0 Å². The van der Waals surface area contributed by atoms with Crippen LogP contribution in [0.25, 0.3) is 0 Å². The Labute approximate surface area is 123 Å². The minimum absolute atomic E-state index is 0.132. The highest BCUT2D eigenvalue weighted by atomic mass is 16.5. The molecule has 1 rings (SSSR count). The van der Waals surface area contributed by atoms with Gasteiger partial charge in [0.15, 0.2) is 0 Å². The van der Waals surface area contributed by atoms with Crippen molar-refractivity contribution in [1.29, 1.82) is 0 Å². The van der Waals surface area contributed by atoms with E-state index in [1.807, 2.05) is 4.90 Å². The molecular formula is C15H31N3O2. The predicted molar refractivity (Wildman–Crippen MR) is 81.6 cm³/mol. The Bertz CT molecular complexity index is 274. The van der Waals surface area contributed by atoms with Gasteiger partial charge >= 0.3 is 0 Å². The van der Waals surface area contributed by atoms with Crippen LogP contribution in [0.4, 0.5) is 0 Å². The number of nitrogens with two attached hydrogens (primary N) is 1. The Hall–Kier alpha value is -0.650. The SMILES string of the molecule is CCCOCC(=O)N1CCCN(C(CC)CCN)CC1. The van der Waals surface area contributed by atoms with E-state index in [9.17, 15) is 4.79 Å². The average Bonchev–Trinajstić information content (AvgIpc) is 2.71. The Morgan fingerprint density at radius 1 is 1.25 bits per heavy atom. The molecule has 1 amide bonds. The molecule has 20 heavy (non-hydrogen) atoms. The lowest BCUT2D eigenvalue weighted by molar-refractivity contribution is -0.136. The number of ether oxygens (including phenoxy) is 1. The molecule has 0 radical (unpaired) electrons. The first-order chi connectivity index (χ1) is 9.72. The zero-order chi connectivity index (χ0) is 14.8. The van der Waals surface area contributed by atoms with Crippen molar-refractivity contribution in [2.45, 2.75) is 45.6 Å². The van der Waals surface area contributed by atoms with E-state index in [-0.39, 0.29) is 12.5 Å². The number of carbonyl (C=O) groups excluding carboxylic acids is 1. The first-order valence-corrected chi connectivity index (χ1v) is 8.02. The normalized spacial score (nSPS) is 18.9. The lowest BCUT2D eigenvalue weighted by Crippen LogP contribution is -2.41. The van der Waals surface area contributed by atoms with Gasteiger partial charge in [0.25, 0.3) is 0 Å². The lowest BCUT2D eigenvalue weighted by Gasteiger charge is -2.29. The lowest BCUT2D eigenvalue weighted by atomic mass is 10.1. The van der Waals surface area contributed by atoms with Crippen LogP contribution in [-0.4, -0.2) is 67.7 Å². The summed E-state index contributed by atoms with van der Waals surface area (Å²) in [6.07, 6.45) is 4.17. The maximum atomic E-state index is 12.1. The van der Waals surface area contributed by atoms with E-state index in [0.717, 1.165) is 58.4 Å². The Morgan fingerprint density at radius 2 is 2.05 bits per heavy atom. The van der Waals surface area contributed by atoms with Crippen LogP contribution in [0, 0.1) is 0 Å². The summed E-state index contributed by atoms with van der Waals surface area (Å²) in [6.45, 7) is 9.59. The van der Waals surface area contributed by atoms with Crippen LogP contribution < -0.4 is 5.73 Å². The third kappa shape index (κ3) is 5.77. The topological polar surface area (TPSA) is 58.8 Å². The molecule has 1 aliphatic heterocycles. The third-order valence-corrected chi connectivity index (χ3v) is 3.94. The number of rotatable bonds is 8. The molecule has 1 aliphatic rings. The summed E-state index contributed by atoms with van der Waals surface area (Å²) in [4.78, 5) is 16.5. The molecule has 0 aliphatic carbocycles. The van der Waals surface area contributed by atoms with Crippen molar-refractivity contribution in [2.24, 2.45) is 5.73 Å². The van der Waals surface area contributed by atoms with Gasteiger partial charge in [0.1, 0.15) is 6.61 Å². The molecule has 1 unspecified atom stereocenters. The van der Waals surface area contributed by atoms with Crippen molar-refractivity contribution in [2.75, 3.05) is 45.9 Å². The molecule has 0 aromatic heterocycles. The zero-order valence-electron chi connectivity index (χ0n) is 13.1. The third-order valence-electron chi connectivity index (χ3n) is 3.94. The van der Waals surface area contributed by atoms with Gasteiger partial charge in [-0.15, -0.1) is 0 Å². The molecule has 1 saturated heterocycles. The molecule has 1 fully saturated rings. The van der Waals surface area contributed by atoms with Gasteiger partial charge in [-0.25, -0.2) is 0 Å². The van der Waals surface area contributed by atoms with Crippen LogP contribution >= 0.6 is 0 Å². The standard InChI is InChI=1S/C15H31N3O2/c1-3-12-20-13-15(19)18-9-5-8-17(10-11-18)14(4-2)6-7-16/h14H,3-13,16H2,1-2H3. The van der Waals surface area contributed by atoms with Crippen LogP contribution in [0.3, 0.4) is 0 Å². The summed E-state index contributed by atoms with van der Waals surface area (Å²) in [7, 11) is 0. The molecule has 1 heterocycles. The maximum Gasteiger partial charge on any atom is 0.248 e. The summed E-state index contributed by atoms with van der Waals surface area (Å²) < 4.78 is 5.35. The molecule has 0 aromatic rings. The maximum absolute atomic E-state index is 12.1. The fourth-order valence-corrected chi connectivity index (χ4v) is 2.78. The van der Waals surface area contributed by atoms with Gasteiger partial charge in [0.05, 0.1) is 0 Å². The van der Waals surface area contributed by atoms with Crippen LogP contribution in [0.15, 0.2) is 0 Å². The second-order valence-electron chi connectivity index (χ2n) is 5.46. The van der Waals surface area contributed by atoms with Crippen molar-refractivity contribution >= 4 is 5.91 Å². The van der Waals surface area contributed by atoms with Gasteiger partial charge < -0.3 is 15.4 Å². The molecule has 0 bridgehead atoms. The minimum atomic E-state index is 0.132.